The van der Waals surface area contributed by atoms with Gasteiger partial charge in [-0.2, -0.15) is 0 Å². The van der Waals surface area contributed by atoms with Gasteiger partial charge in [-0.3, -0.25) is 4.79 Å². The zero-order valence-electron chi connectivity index (χ0n) is 14.8. The standard InChI is InChI=1S/C21H24N2O2/c1-15-11-12-19-18(13-15)23-21(25-19)10-6-9-20(24)22-14-16(2)17-7-4-3-5-8-17/h3-5,7-8,11-13,16H,6,9-10,14H2,1-2H3,(H,22,24)/t16-/m1/s1. The fourth-order valence-corrected chi connectivity index (χ4v) is 2.85. The molecule has 0 fully saturated rings. The second-order valence-electron chi connectivity index (χ2n) is 6.55. The molecule has 0 unspecified atom stereocenters. The molecule has 0 aliphatic heterocycles. The number of oxazole rings is 1. The molecule has 1 amide bonds. The molecule has 2 aromatic carbocycles. The van der Waals surface area contributed by atoms with Gasteiger partial charge in [-0.1, -0.05) is 43.3 Å². The zero-order chi connectivity index (χ0) is 17.6. The Morgan fingerprint density at radius 3 is 2.80 bits per heavy atom. The number of nitrogens with zero attached hydrogens (tertiary/aromatic N) is 1. The second-order valence-corrected chi connectivity index (χ2v) is 6.55. The smallest absolute Gasteiger partial charge is 0.220 e. The lowest BCUT2D eigenvalue weighted by Crippen LogP contribution is -2.27. The molecule has 1 heterocycles. The summed E-state index contributed by atoms with van der Waals surface area (Å²) in [6, 6.07) is 16.2. The maximum absolute atomic E-state index is 12.0. The summed E-state index contributed by atoms with van der Waals surface area (Å²) in [5, 5.41) is 3.01. The maximum atomic E-state index is 12.0. The molecule has 4 nitrogen and oxygen atoms in total. The van der Waals surface area contributed by atoms with Gasteiger partial charge in [0.15, 0.2) is 11.5 Å². The topological polar surface area (TPSA) is 55.1 Å². The van der Waals surface area contributed by atoms with Crippen molar-refractivity contribution in [3.8, 4) is 0 Å². The lowest BCUT2D eigenvalue weighted by atomic mass is 10.0. The third kappa shape index (κ3) is 4.69. The van der Waals surface area contributed by atoms with Crippen molar-refractivity contribution >= 4 is 17.0 Å². The van der Waals surface area contributed by atoms with Crippen molar-refractivity contribution in [1.29, 1.82) is 0 Å². The summed E-state index contributed by atoms with van der Waals surface area (Å²) < 4.78 is 5.72. The summed E-state index contributed by atoms with van der Waals surface area (Å²) in [5.41, 5.74) is 4.10. The van der Waals surface area contributed by atoms with E-state index >= 15 is 0 Å². The highest BCUT2D eigenvalue weighted by molar-refractivity contribution is 5.76. The molecule has 1 N–H and O–H groups in total. The van der Waals surface area contributed by atoms with Crippen LogP contribution in [0.3, 0.4) is 0 Å². The quantitative estimate of drug-likeness (QED) is 0.696. The number of nitrogens with one attached hydrogen (secondary N) is 1. The summed E-state index contributed by atoms with van der Waals surface area (Å²) in [7, 11) is 0. The van der Waals surface area contributed by atoms with E-state index in [0.29, 0.717) is 31.2 Å². The van der Waals surface area contributed by atoms with Crippen molar-refractivity contribution < 1.29 is 9.21 Å². The Bertz CT molecular complexity index is 839. The highest BCUT2D eigenvalue weighted by atomic mass is 16.3. The van der Waals surface area contributed by atoms with E-state index in [-0.39, 0.29) is 5.91 Å². The average molecular weight is 336 g/mol. The number of carbonyl (C=O) groups is 1. The lowest BCUT2D eigenvalue weighted by Gasteiger charge is -2.12. The molecular weight excluding hydrogens is 312 g/mol. The summed E-state index contributed by atoms with van der Waals surface area (Å²) in [4.78, 5) is 16.5. The van der Waals surface area contributed by atoms with E-state index in [1.807, 2.05) is 43.3 Å². The summed E-state index contributed by atoms with van der Waals surface area (Å²) >= 11 is 0. The van der Waals surface area contributed by atoms with Gasteiger partial charge in [0.05, 0.1) is 0 Å². The van der Waals surface area contributed by atoms with Gasteiger partial charge in [0.2, 0.25) is 5.91 Å². The first-order valence-corrected chi connectivity index (χ1v) is 8.79. The number of hydrogen-bond donors (Lipinski definition) is 1. The third-order valence-electron chi connectivity index (χ3n) is 4.36. The first-order chi connectivity index (χ1) is 12.1. The number of aryl methyl sites for hydroxylation is 2. The van der Waals surface area contributed by atoms with Gasteiger partial charge in [0, 0.05) is 19.4 Å². The molecule has 0 radical (unpaired) electrons. The molecule has 0 aliphatic rings. The second kappa shape index (κ2) is 7.97. The monoisotopic (exact) mass is 336 g/mol. The molecule has 3 aromatic rings. The Morgan fingerprint density at radius 2 is 2.00 bits per heavy atom. The lowest BCUT2D eigenvalue weighted by molar-refractivity contribution is -0.121. The molecule has 25 heavy (non-hydrogen) atoms. The van der Waals surface area contributed by atoms with Crippen LogP contribution in [0.5, 0.6) is 0 Å². The van der Waals surface area contributed by atoms with Gasteiger partial charge >= 0.3 is 0 Å². The molecule has 4 heteroatoms. The van der Waals surface area contributed by atoms with E-state index in [1.165, 1.54) is 11.1 Å². The van der Waals surface area contributed by atoms with Crippen LogP contribution in [0.15, 0.2) is 52.9 Å². The van der Waals surface area contributed by atoms with Crippen molar-refractivity contribution in [2.75, 3.05) is 6.54 Å². The van der Waals surface area contributed by atoms with Gasteiger partial charge in [-0.25, -0.2) is 4.98 Å². The van der Waals surface area contributed by atoms with Crippen LogP contribution in [0.25, 0.3) is 11.1 Å². The van der Waals surface area contributed by atoms with Gasteiger partial charge in [0.1, 0.15) is 5.52 Å². The zero-order valence-corrected chi connectivity index (χ0v) is 14.8. The maximum Gasteiger partial charge on any atom is 0.220 e. The highest BCUT2D eigenvalue weighted by Gasteiger charge is 2.09. The molecule has 0 spiro atoms. The Balaban J connectivity index is 1.42. The van der Waals surface area contributed by atoms with E-state index in [1.54, 1.807) is 0 Å². The predicted octanol–water partition coefficient (Wildman–Crippen LogP) is 4.38. The van der Waals surface area contributed by atoms with E-state index < -0.39 is 0 Å². The molecule has 130 valence electrons. The van der Waals surface area contributed by atoms with Gasteiger partial charge in [0.25, 0.3) is 0 Å². The molecule has 1 aromatic heterocycles. The molecule has 0 saturated carbocycles. The van der Waals surface area contributed by atoms with Crippen LogP contribution in [0.4, 0.5) is 0 Å². The minimum atomic E-state index is 0.0785. The largest absolute Gasteiger partial charge is 0.441 e. The van der Waals surface area contributed by atoms with Crippen LogP contribution >= 0.6 is 0 Å². The van der Waals surface area contributed by atoms with Gasteiger partial charge in [-0.15, -0.1) is 0 Å². The minimum Gasteiger partial charge on any atom is -0.441 e. The van der Waals surface area contributed by atoms with Crippen molar-refractivity contribution in [2.45, 2.75) is 39.0 Å². The van der Waals surface area contributed by atoms with Crippen molar-refractivity contribution in [2.24, 2.45) is 0 Å². The van der Waals surface area contributed by atoms with E-state index in [4.69, 9.17) is 4.42 Å². The van der Waals surface area contributed by atoms with Crippen LogP contribution in [0.1, 0.15) is 42.7 Å². The molecule has 3 rings (SSSR count). The molecule has 0 bridgehead atoms. The van der Waals surface area contributed by atoms with Crippen LogP contribution in [-0.4, -0.2) is 17.4 Å². The van der Waals surface area contributed by atoms with Crippen LogP contribution in [0.2, 0.25) is 0 Å². The summed E-state index contributed by atoms with van der Waals surface area (Å²) in [6.45, 7) is 4.81. The van der Waals surface area contributed by atoms with Crippen LogP contribution in [-0.2, 0) is 11.2 Å². The highest BCUT2D eigenvalue weighted by Crippen LogP contribution is 2.18. The van der Waals surface area contributed by atoms with Crippen LogP contribution < -0.4 is 5.32 Å². The summed E-state index contributed by atoms with van der Waals surface area (Å²) in [5.74, 6) is 1.09. The fourth-order valence-electron chi connectivity index (χ4n) is 2.85. The Hall–Kier alpha value is -2.62. The fraction of sp³-hybridized carbons (Fsp3) is 0.333. The first-order valence-electron chi connectivity index (χ1n) is 8.79. The number of fused-ring (bicyclic) bond motifs is 1. The number of amides is 1. The Kier molecular flexibility index (Phi) is 5.49. The number of hydrogen-bond acceptors (Lipinski definition) is 3. The molecule has 0 saturated heterocycles. The predicted molar refractivity (Wildman–Crippen MR) is 99.6 cm³/mol. The van der Waals surface area contributed by atoms with E-state index in [9.17, 15) is 4.79 Å². The SMILES string of the molecule is Cc1ccc2oc(CCCC(=O)NC[C@@H](C)c3ccccc3)nc2c1. The van der Waals surface area contributed by atoms with E-state index in [0.717, 1.165) is 17.5 Å². The van der Waals surface area contributed by atoms with Crippen molar-refractivity contribution in [1.82, 2.24) is 10.3 Å². The first kappa shape index (κ1) is 17.2. The molecule has 1 atom stereocenters. The number of benzene rings is 2. The number of rotatable bonds is 7. The molecular formula is C21H24N2O2. The minimum absolute atomic E-state index is 0.0785. The van der Waals surface area contributed by atoms with E-state index in [2.05, 4.69) is 29.4 Å². The van der Waals surface area contributed by atoms with Crippen molar-refractivity contribution in [3.05, 3.63) is 65.5 Å². The van der Waals surface area contributed by atoms with Gasteiger partial charge in [-0.05, 0) is 42.5 Å². The van der Waals surface area contributed by atoms with Crippen molar-refractivity contribution in [3.63, 3.8) is 0 Å². The molecule has 0 aliphatic carbocycles. The number of carbonyl (C=O) groups excluding carboxylic acids is 1. The van der Waals surface area contributed by atoms with Gasteiger partial charge < -0.3 is 9.73 Å². The Labute approximate surface area is 148 Å². The summed E-state index contributed by atoms with van der Waals surface area (Å²) in [6.07, 6.45) is 1.89. The average Bonchev–Trinajstić information content (AvgIpc) is 3.02. The van der Waals surface area contributed by atoms with Crippen LogP contribution in [0, 0.1) is 6.92 Å². The third-order valence-corrected chi connectivity index (χ3v) is 4.36. The Morgan fingerprint density at radius 1 is 1.20 bits per heavy atom. The number of aromatic nitrogens is 1. The normalized spacial score (nSPS) is 12.2.